The maximum Gasteiger partial charge on any atom is 0.0980 e. The predicted molar refractivity (Wildman–Crippen MR) is 91.4 cm³/mol. The largest absolute Gasteiger partial charge is 0.367 e. The first-order valence-corrected chi connectivity index (χ1v) is 8.14. The number of benzene rings is 2. The second-order valence-electron chi connectivity index (χ2n) is 4.99. The van der Waals surface area contributed by atoms with Gasteiger partial charge in [0.2, 0.25) is 0 Å². The van der Waals surface area contributed by atoms with E-state index in [9.17, 15) is 0 Å². The van der Waals surface area contributed by atoms with Crippen molar-refractivity contribution in [3.63, 3.8) is 0 Å². The highest BCUT2D eigenvalue weighted by molar-refractivity contribution is 9.10. The first-order chi connectivity index (χ1) is 10.1. The average Bonchev–Trinajstić information content (AvgIpc) is 2.47. The zero-order valence-electron chi connectivity index (χ0n) is 11.9. The van der Waals surface area contributed by atoms with Crippen molar-refractivity contribution in [2.75, 3.05) is 0 Å². The molecule has 2 aromatic rings. The molecule has 0 fully saturated rings. The van der Waals surface area contributed by atoms with Gasteiger partial charge in [0, 0.05) is 15.5 Å². The van der Waals surface area contributed by atoms with Crippen molar-refractivity contribution in [2.45, 2.75) is 32.1 Å². The van der Waals surface area contributed by atoms with Crippen LogP contribution < -0.4 is 5.73 Å². The Balaban J connectivity index is 2.14. The van der Waals surface area contributed by atoms with Crippen LogP contribution in [0.1, 0.15) is 30.6 Å². The van der Waals surface area contributed by atoms with E-state index in [2.05, 4.69) is 28.9 Å². The molecule has 0 bridgehead atoms. The summed E-state index contributed by atoms with van der Waals surface area (Å²) in [5.74, 6) is 0. The van der Waals surface area contributed by atoms with Crippen LogP contribution in [0.25, 0.3) is 0 Å². The van der Waals surface area contributed by atoms with Gasteiger partial charge in [0.25, 0.3) is 0 Å². The second-order valence-corrected chi connectivity index (χ2v) is 6.34. The lowest BCUT2D eigenvalue weighted by molar-refractivity contribution is 0.0212. The fourth-order valence-electron chi connectivity index (χ4n) is 2.18. The van der Waals surface area contributed by atoms with E-state index in [1.807, 2.05) is 42.5 Å². The van der Waals surface area contributed by atoms with Crippen molar-refractivity contribution in [1.29, 1.82) is 0 Å². The predicted octanol–water partition coefficient (Wildman–Crippen LogP) is 5.10. The first-order valence-electron chi connectivity index (χ1n) is 6.97. The lowest BCUT2D eigenvalue weighted by Gasteiger charge is -2.24. The van der Waals surface area contributed by atoms with Crippen molar-refractivity contribution >= 4 is 27.5 Å². The number of nitrogens with two attached hydrogens (primary N) is 1. The summed E-state index contributed by atoms with van der Waals surface area (Å²) in [7, 11) is 0. The molecule has 2 nitrogen and oxygen atoms in total. The Bertz CT molecular complexity index is 591. The minimum atomic E-state index is -0.133. The van der Waals surface area contributed by atoms with Gasteiger partial charge in [-0.05, 0) is 41.8 Å². The SMILES string of the molecule is CCC(N)C(OCc1cccc(Cl)c1)c1cccc(Br)c1. The Hall–Kier alpha value is -0.870. The van der Waals surface area contributed by atoms with Gasteiger partial charge in [-0.3, -0.25) is 0 Å². The van der Waals surface area contributed by atoms with Crippen LogP contribution in [0.3, 0.4) is 0 Å². The van der Waals surface area contributed by atoms with E-state index in [4.69, 9.17) is 22.1 Å². The van der Waals surface area contributed by atoms with Crippen LogP contribution in [0.15, 0.2) is 53.0 Å². The molecule has 112 valence electrons. The molecular formula is C17H19BrClNO. The van der Waals surface area contributed by atoms with E-state index >= 15 is 0 Å². The molecule has 0 aliphatic heterocycles. The third kappa shape index (κ3) is 4.82. The fraction of sp³-hybridized carbons (Fsp3) is 0.294. The summed E-state index contributed by atoms with van der Waals surface area (Å²) in [6.45, 7) is 2.56. The van der Waals surface area contributed by atoms with E-state index in [1.165, 1.54) is 0 Å². The van der Waals surface area contributed by atoms with E-state index in [-0.39, 0.29) is 12.1 Å². The summed E-state index contributed by atoms with van der Waals surface area (Å²) >= 11 is 9.49. The van der Waals surface area contributed by atoms with Crippen LogP contribution in [-0.4, -0.2) is 6.04 Å². The van der Waals surface area contributed by atoms with Gasteiger partial charge in [-0.15, -0.1) is 0 Å². The van der Waals surface area contributed by atoms with Gasteiger partial charge in [-0.1, -0.05) is 58.7 Å². The molecule has 0 aliphatic carbocycles. The molecule has 0 saturated heterocycles. The van der Waals surface area contributed by atoms with Gasteiger partial charge < -0.3 is 10.5 Å². The summed E-state index contributed by atoms with van der Waals surface area (Å²) in [6.07, 6.45) is 0.721. The standard InChI is InChI=1S/C17H19BrClNO/c1-2-16(20)17(13-6-4-7-14(18)10-13)21-11-12-5-3-8-15(19)9-12/h3-10,16-17H,2,11,20H2,1H3. The molecule has 4 heteroatoms. The smallest absolute Gasteiger partial charge is 0.0980 e. The summed E-state index contributed by atoms with van der Waals surface area (Å²) in [6, 6.07) is 15.7. The molecule has 2 atom stereocenters. The number of halogens is 2. The maximum absolute atomic E-state index is 6.23. The van der Waals surface area contributed by atoms with Crippen molar-refractivity contribution < 1.29 is 4.74 Å². The number of rotatable bonds is 6. The fourth-order valence-corrected chi connectivity index (χ4v) is 2.81. The average molecular weight is 369 g/mol. The quantitative estimate of drug-likeness (QED) is 0.770. The molecule has 2 rings (SSSR count). The molecule has 0 heterocycles. The minimum absolute atomic E-state index is 0.0431. The molecule has 0 radical (unpaired) electrons. The number of hydrogen-bond donors (Lipinski definition) is 1. The van der Waals surface area contributed by atoms with Crippen molar-refractivity contribution in [3.8, 4) is 0 Å². The Kier molecular flexibility index (Phi) is 6.24. The van der Waals surface area contributed by atoms with E-state index < -0.39 is 0 Å². The van der Waals surface area contributed by atoms with Crippen molar-refractivity contribution in [2.24, 2.45) is 5.73 Å². The van der Waals surface area contributed by atoms with Gasteiger partial charge in [-0.25, -0.2) is 0 Å². The maximum atomic E-state index is 6.23. The van der Waals surface area contributed by atoms with E-state index in [0.29, 0.717) is 6.61 Å². The number of hydrogen-bond acceptors (Lipinski definition) is 2. The van der Waals surface area contributed by atoms with E-state index in [1.54, 1.807) is 0 Å². The van der Waals surface area contributed by atoms with Crippen LogP contribution in [0.2, 0.25) is 5.02 Å². The summed E-state index contributed by atoms with van der Waals surface area (Å²) in [5.41, 5.74) is 8.36. The third-order valence-electron chi connectivity index (χ3n) is 3.36. The molecule has 2 N–H and O–H groups in total. The summed E-state index contributed by atoms with van der Waals surface area (Å²) < 4.78 is 7.10. The molecule has 0 amide bonds. The summed E-state index contributed by atoms with van der Waals surface area (Å²) in [5, 5.41) is 0.717. The van der Waals surface area contributed by atoms with Gasteiger partial charge in [0.1, 0.15) is 0 Å². The van der Waals surface area contributed by atoms with Crippen LogP contribution in [0, 0.1) is 0 Å². The molecule has 0 saturated carbocycles. The molecule has 0 aliphatic rings. The zero-order chi connectivity index (χ0) is 15.2. The minimum Gasteiger partial charge on any atom is -0.367 e. The highest BCUT2D eigenvalue weighted by Crippen LogP contribution is 2.26. The first kappa shape index (κ1) is 16.5. The van der Waals surface area contributed by atoms with E-state index in [0.717, 1.165) is 27.0 Å². The molecule has 0 spiro atoms. The Morgan fingerprint density at radius 3 is 2.62 bits per heavy atom. The monoisotopic (exact) mass is 367 g/mol. The van der Waals surface area contributed by atoms with Gasteiger partial charge in [-0.2, -0.15) is 0 Å². The second kappa shape index (κ2) is 7.95. The Labute approximate surface area is 139 Å². The lowest BCUT2D eigenvalue weighted by Crippen LogP contribution is -2.29. The van der Waals surface area contributed by atoms with Gasteiger partial charge in [0.05, 0.1) is 12.7 Å². The highest BCUT2D eigenvalue weighted by Gasteiger charge is 2.19. The summed E-state index contributed by atoms with van der Waals surface area (Å²) in [4.78, 5) is 0. The zero-order valence-corrected chi connectivity index (χ0v) is 14.3. The normalized spacial score (nSPS) is 13.9. The lowest BCUT2D eigenvalue weighted by atomic mass is 10.0. The molecule has 2 unspecified atom stereocenters. The topological polar surface area (TPSA) is 35.2 Å². The van der Waals surface area contributed by atoms with Crippen LogP contribution in [-0.2, 0) is 11.3 Å². The molecular weight excluding hydrogens is 350 g/mol. The Morgan fingerprint density at radius 1 is 1.19 bits per heavy atom. The molecule has 21 heavy (non-hydrogen) atoms. The van der Waals surface area contributed by atoms with Crippen LogP contribution >= 0.6 is 27.5 Å². The van der Waals surface area contributed by atoms with Gasteiger partial charge in [0.15, 0.2) is 0 Å². The number of ether oxygens (including phenoxy) is 1. The Morgan fingerprint density at radius 2 is 1.95 bits per heavy atom. The van der Waals surface area contributed by atoms with Gasteiger partial charge >= 0.3 is 0 Å². The van der Waals surface area contributed by atoms with Crippen LogP contribution in [0.5, 0.6) is 0 Å². The molecule has 2 aromatic carbocycles. The molecule has 0 aromatic heterocycles. The van der Waals surface area contributed by atoms with Crippen molar-refractivity contribution in [3.05, 3.63) is 69.2 Å². The van der Waals surface area contributed by atoms with Crippen LogP contribution in [0.4, 0.5) is 0 Å². The third-order valence-corrected chi connectivity index (χ3v) is 4.08. The van der Waals surface area contributed by atoms with Crippen molar-refractivity contribution in [1.82, 2.24) is 0 Å². The highest BCUT2D eigenvalue weighted by atomic mass is 79.9.